The van der Waals surface area contributed by atoms with Crippen LogP contribution in [-0.4, -0.2) is 19.0 Å². The molecule has 1 aliphatic rings. The van der Waals surface area contributed by atoms with Crippen molar-refractivity contribution in [1.29, 1.82) is 0 Å². The molecule has 3 rings (SSSR count). The molecule has 104 valence electrons. The third-order valence-corrected chi connectivity index (χ3v) is 3.96. The number of hydrogen-bond donors (Lipinski definition) is 2. The summed E-state index contributed by atoms with van der Waals surface area (Å²) in [6, 6.07) is 14.2. The van der Waals surface area contributed by atoms with Gasteiger partial charge in [-0.2, -0.15) is 0 Å². The molecule has 0 aromatic heterocycles. The predicted molar refractivity (Wildman–Crippen MR) is 82.7 cm³/mol. The fourth-order valence-corrected chi connectivity index (χ4v) is 2.87. The first-order chi connectivity index (χ1) is 9.72. The highest BCUT2D eigenvalue weighted by atomic mass is 16.1. The summed E-state index contributed by atoms with van der Waals surface area (Å²) in [5.41, 5.74) is 0.881. The van der Waals surface area contributed by atoms with Crippen LogP contribution in [0.2, 0.25) is 0 Å². The fourth-order valence-electron chi connectivity index (χ4n) is 2.87. The van der Waals surface area contributed by atoms with Gasteiger partial charge in [0, 0.05) is 12.2 Å². The number of anilines is 1. The molecule has 2 aromatic rings. The van der Waals surface area contributed by atoms with E-state index in [9.17, 15) is 4.79 Å². The Morgan fingerprint density at radius 2 is 1.95 bits per heavy atom. The summed E-state index contributed by atoms with van der Waals surface area (Å²) in [4.78, 5) is 12.3. The van der Waals surface area contributed by atoms with Crippen LogP contribution in [0.25, 0.3) is 10.8 Å². The molecule has 1 saturated heterocycles. The number of rotatable bonds is 2. The maximum absolute atomic E-state index is 12.3. The van der Waals surface area contributed by atoms with Crippen molar-refractivity contribution in [3.05, 3.63) is 42.5 Å². The molecule has 0 aliphatic carbocycles. The Bertz CT molecular complexity index is 623. The van der Waals surface area contributed by atoms with Gasteiger partial charge in [-0.3, -0.25) is 4.79 Å². The Morgan fingerprint density at radius 3 is 2.75 bits per heavy atom. The van der Waals surface area contributed by atoms with Gasteiger partial charge in [0.2, 0.25) is 5.91 Å². The number of benzene rings is 2. The molecule has 2 N–H and O–H groups in total. The monoisotopic (exact) mass is 268 g/mol. The van der Waals surface area contributed by atoms with Gasteiger partial charge in [0.25, 0.3) is 0 Å². The van der Waals surface area contributed by atoms with Crippen LogP contribution in [0.1, 0.15) is 13.3 Å². The van der Waals surface area contributed by atoms with Gasteiger partial charge in [-0.15, -0.1) is 0 Å². The van der Waals surface area contributed by atoms with Crippen LogP contribution in [0, 0.1) is 11.8 Å². The van der Waals surface area contributed by atoms with Crippen LogP contribution >= 0.6 is 0 Å². The zero-order valence-corrected chi connectivity index (χ0v) is 11.7. The summed E-state index contributed by atoms with van der Waals surface area (Å²) >= 11 is 0. The molecule has 1 fully saturated rings. The Balaban J connectivity index is 1.73. The zero-order chi connectivity index (χ0) is 13.9. The number of fused-ring (bicyclic) bond motifs is 1. The number of carbonyl (C=O) groups is 1. The fraction of sp³-hybridized carbons (Fsp3) is 0.353. The first kappa shape index (κ1) is 13.1. The average Bonchev–Trinajstić information content (AvgIpc) is 2.47. The molecule has 1 aliphatic heterocycles. The van der Waals surface area contributed by atoms with Crippen molar-refractivity contribution in [2.45, 2.75) is 13.3 Å². The van der Waals surface area contributed by atoms with E-state index >= 15 is 0 Å². The molecule has 0 radical (unpaired) electrons. The number of nitrogens with one attached hydrogen (secondary N) is 2. The van der Waals surface area contributed by atoms with E-state index in [1.54, 1.807) is 0 Å². The van der Waals surface area contributed by atoms with Crippen LogP contribution < -0.4 is 10.6 Å². The van der Waals surface area contributed by atoms with Gasteiger partial charge in [0.1, 0.15) is 0 Å². The SMILES string of the molecule is CC1CNCC(C(=O)Nc2ccc3ccccc3c2)C1. The average molecular weight is 268 g/mol. The smallest absolute Gasteiger partial charge is 0.228 e. The van der Waals surface area contributed by atoms with Crippen LogP contribution in [0.5, 0.6) is 0 Å². The first-order valence-electron chi connectivity index (χ1n) is 7.23. The number of amides is 1. The van der Waals surface area contributed by atoms with Gasteiger partial charge in [0.05, 0.1) is 5.92 Å². The van der Waals surface area contributed by atoms with Gasteiger partial charge >= 0.3 is 0 Å². The van der Waals surface area contributed by atoms with E-state index in [0.29, 0.717) is 5.92 Å². The molecule has 0 bridgehead atoms. The largest absolute Gasteiger partial charge is 0.326 e. The van der Waals surface area contributed by atoms with E-state index in [-0.39, 0.29) is 11.8 Å². The molecule has 2 atom stereocenters. The highest BCUT2D eigenvalue weighted by Gasteiger charge is 2.24. The van der Waals surface area contributed by atoms with Crippen molar-refractivity contribution >= 4 is 22.4 Å². The Kier molecular flexibility index (Phi) is 3.70. The maximum Gasteiger partial charge on any atom is 0.228 e. The lowest BCUT2D eigenvalue weighted by Gasteiger charge is -2.26. The van der Waals surface area contributed by atoms with E-state index in [1.165, 1.54) is 5.39 Å². The summed E-state index contributed by atoms with van der Waals surface area (Å²) in [7, 11) is 0. The Morgan fingerprint density at radius 1 is 1.15 bits per heavy atom. The van der Waals surface area contributed by atoms with Crippen LogP contribution in [0.4, 0.5) is 5.69 Å². The van der Waals surface area contributed by atoms with Crippen molar-refractivity contribution in [3.8, 4) is 0 Å². The van der Waals surface area contributed by atoms with Crippen molar-refractivity contribution < 1.29 is 4.79 Å². The van der Waals surface area contributed by atoms with Crippen molar-refractivity contribution in [2.75, 3.05) is 18.4 Å². The second kappa shape index (κ2) is 5.63. The van der Waals surface area contributed by atoms with Gasteiger partial charge in [-0.05, 0) is 41.8 Å². The predicted octanol–water partition coefficient (Wildman–Crippen LogP) is 3.02. The van der Waals surface area contributed by atoms with Crippen LogP contribution in [-0.2, 0) is 4.79 Å². The van der Waals surface area contributed by atoms with Gasteiger partial charge in [0.15, 0.2) is 0 Å². The molecule has 1 amide bonds. The van der Waals surface area contributed by atoms with Gasteiger partial charge in [-0.1, -0.05) is 37.3 Å². The molecule has 0 spiro atoms. The van der Waals surface area contributed by atoms with Crippen molar-refractivity contribution in [2.24, 2.45) is 11.8 Å². The minimum Gasteiger partial charge on any atom is -0.326 e. The van der Waals surface area contributed by atoms with Crippen LogP contribution in [0.3, 0.4) is 0 Å². The number of hydrogen-bond acceptors (Lipinski definition) is 2. The normalized spacial score (nSPS) is 22.6. The van der Waals surface area contributed by atoms with Gasteiger partial charge < -0.3 is 10.6 Å². The molecule has 20 heavy (non-hydrogen) atoms. The molecule has 2 aromatic carbocycles. The quantitative estimate of drug-likeness (QED) is 0.879. The zero-order valence-electron chi connectivity index (χ0n) is 11.7. The van der Waals surface area contributed by atoms with E-state index in [1.807, 2.05) is 30.3 Å². The maximum atomic E-state index is 12.3. The number of piperidine rings is 1. The molecule has 1 heterocycles. The lowest BCUT2D eigenvalue weighted by Crippen LogP contribution is -2.40. The summed E-state index contributed by atoms with van der Waals surface area (Å²) in [6.07, 6.45) is 0.965. The molecule has 2 unspecified atom stereocenters. The summed E-state index contributed by atoms with van der Waals surface area (Å²) < 4.78 is 0. The summed E-state index contributed by atoms with van der Waals surface area (Å²) in [5, 5.41) is 8.71. The lowest BCUT2D eigenvalue weighted by molar-refractivity contribution is -0.120. The lowest BCUT2D eigenvalue weighted by atomic mass is 9.91. The third-order valence-electron chi connectivity index (χ3n) is 3.96. The topological polar surface area (TPSA) is 41.1 Å². The number of carbonyl (C=O) groups excluding carboxylic acids is 1. The highest BCUT2D eigenvalue weighted by Crippen LogP contribution is 2.21. The van der Waals surface area contributed by atoms with Crippen molar-refractivity contribution in [3.63, 3.8) is 0 Å². The summed E-state index contributed by atoms with van der Waals surface area (Å²) in [6.45, 7) is 3.98. The second-order valence-electron chi connectivity index (χ2n) is 5.75. The highest BCUT2D eigenvalue weighted by molar-refractivity contribution is 5.95. The third kappa shape index (κ3) is 2.83. The molecular formula is C17H20N2O. The van der Waals surface area contributed by atoms with E-state index in [2.05, 4.69) is 29.7 Å². The minimum atomic E-state index is 0.0743. The van der Waals surface area contributed by atoms with E-state index in [4.69, 9.17) is 0 Å². The van der Waals surface area contributed by atoms with E-state index in [0.717, 1.165) is 30.6 Å². The van der Waals surface area contributed by atoms with Crippen molar-refractivity contribution in [1.82, 2.24) is 5.32 Å². The second-order valence-corrected chi connectivity index (χ2v) is 5.75. The van der Waals surface area contributed by atoms with E-state index < -0.39 is 0 Å². The summed E-state index contributed by atoms with van der Waals surface area (Å²) in [5.74, 6) is 0.764. The first-order valence-corrected chi connectivity index (χ1v) is 7.23. The molecule has 3 nitrogen and oxygen atoms in total. The minimum absolute atomic E-state index is 0.0743. The standard InChI is InChI=1S/C17H20N2O/c1-12-8-15(11-18-10-12)17(20)19-16-7-6-13-4-2-3-5-14(13)9-16/h2-7,9,12,15,18H,8,10-11H2,1H3,(H,19,20). The molecule has 0 saturated carbocycles. The van der Waals surface area contributed by atoms with Crippen LogP contribution in [0.15, 0.2) is 42.5 Å². The Hall–Kier alpha value is -1.87. The van der Waals surface area contributed by atoms with Gasteiger partial charge in [-0.25, -0.2) is 0 Å². The molecule has 3 heteroatoms. The molecular weight excluding hydrogens is 248 g/mol. The Labute approximate surface area is 119 Å².